The molecule has 0 aromatic carbocycles. The van der Waals surface area contributed by atoms with Gasteiger partial charge in [-0.3, -0.25) is 4.79 Å². The fourth-order valence-electron chi connectivity index (χ4n) is 2.63. The summed E-state index contributed by atoms with van der Waals surface area (Å²) in [5.74, 6) is -0.112. The first-order valence-electron chi connectivity index (χ1n) is 7.15. The second-order valence-corrected chi connectivity index (χ2v) is 7.29. The number of carbonyl (C=O) groups is 1. The highest BCUT2D eigenvalue weighted by Crippen LogP contribution is 2.31. The molecule has 0 bridgehead atoms. The average molecular weight is 322 g/mol. The van der Waals surface area contributed by atoms with E-state index < -0.39 is 6.10 Å². The van der Waals surface area contributed by atoms with Gasteiger partial charge in [0, 0.05) is 0 Å². The van der Waals surface area contributed by atoms with Crippen LogP contribution in [0.3, 0.4) is 0 Å². The molecule has 21 heavy (non-hydrogen) atoms. The lowest BCUT2D eigenvalue weighted by molar-refractivity contribution is 0.0719. The second-order valence-electron chi connectivity index (χ2n) is 5.34. The van der Waals surface area contributed by atoms with Gasteiger partial charge in [0.05, 0.1) is 22.7 Å². The van der Waals surface area contributed by atoms with Crippen molar-refractivity contribution in [2.24, 2.45) is 0 Å². The molecule has 1 saturated carbocycles. The van der Waals surface area contributed by atoms with Gasteiger partial charge in [-0.25, -0.2) is 4.98 Å². The van der Waals surface area contributed by atoms with E-state index in [-0.39, 0.29) is 11.9 Å². The number of rotatable bonds is 3. The number of aliphatic hydroxyl groups excluding tert-OH is 1. The van der Waals surface area contributed by atoms with Crippen LogP contribution in [-0.4, -0.2) is 28.1 Å². The van der Waals surface area contributed by atoms with E-state index in [1.54, 1.807) is 11.3 Å². The van der Waals surface area contributed by atoms with E-state index in [1.165, 1.54) is 11.3 Å². The molecule has 3 rings (SSSR count). The maximum Gasteiger partial charge on any atom is 0.263 e. The first-order valence-corrected chi connectivity index (χ1v) is 8.85. The third-order valence-electron chi connectivity index (χ3n) is 3.78. The summed E-state index contributed by atoms with van der Waals surface area (Å²) in [6.45, 7) is 1.86. The third-order valence-corrected chi connectivity index (χ3v) is 5.98. The first kappa shape index (κ1) is 14.7. The van der Waals surface area contributed by atoms with E-state index in [0.717, 1.165) is 41.3 Å². The number of amides is 1. The molecule has 2 N–H and O–H groups in total. The topological polar surface area (TPSA) is 62.2 Å². The zero-order valence-corrected chi connectivity index (χ0v) is 13.5. The van der Waals surface area contributed by atoms with E-state index in [2.05, 4.69) is 10.3 Å². The Balaban J connectivity index is 1.75. The van der Waals surface area contributed by atoms with Gasteiger partial charge < -0.3 is 10.4 Å². The number of nitrogens with one attached hydrogen (secondary N) is 1. The smallest absolute Gasteiger partial charge is 0.263 e. The normalized spacial score (nSPS) is 22.2. The van der Waals surface area contributed by atoms with Gasteiger partial charge >= 0.3 is 0 Å². The second kappa shape index (κ2) is 6.25. The summed E-state index contributed by atoms with van der Waals surface area (Å²) < 4.78 is 0. The zero-order chi connectivity index (χ0) is 14.8. The number of aromatic nitrogens is 1. The molecule has 2 atom stereocenters. The summed E-state index contributed by atoms with van der Waals surface area (Å²) in [4.78, 5) is 18.6. The van der Waals surface area contributed by atoms with Crippen LogP contribution in [0.15, 0.2) is 17.5 Å². The molecule has 1 amide bonds. The molecule has 0 spiro atoms. The minimum Gasteiger partial charge on any atom is -0.391 e. The van der Waals surface area contributed by atoms with Gasteiger partial charge in [0.15, 0.2) is 0 Å². The molecular formula is C15H18N2O2S2. The fraction of sp³-hybridized carbons (Fsp3) is 0.467. The molecule has 2 aromatic heterocycles. The molecule has 0 aliphatic heterocycles. The van der Waals surface area contributed by atoms with Crippen LogP contribution in [0.5, 0.6) is 0 Å². The molecule has 2 unspecified atom stereocenters. The number of hydrogen-bond donors (Lipinski definition) is 2. The van der Waals surface area contributed by atoms with Gasteiger partial charge in [0.1, 0.15) is 9.88 Å². The summed E-state index contributed by atoms with van der Waals surface area (Å²) in [6, 6.07) is 3.86. The highest BCUT2D eigenvalue weighted by Gasteiger charge is 2.26. The largest absolute Gasteiger partial charge is 0.391 e. The van der Waals surface area contributed by atoms with E-state index in [9.17, 15) is 9.90 Å². The van der Waals surface area contributed by atoms with Gasteiger partial charge in [-0.05, 0) is 31.2 Å². The summed E-state index contributed by atoms with van der Waals surface area (Å²) in [6.07, 6.45) is 3.29. The van der Waals surface area contributed by atoms with E-state index in [0.29, 0.717) is 4.88 Å². The van der Waals surface area contributed by atoms with Crippen LogP contribution in [0.4, 0.5) is 0 Å². The van der Waals surface area contributed by atoms with Crippen molar-refractivity contribution < 1.29 is 9.90 Å². The standard InChI is InChI=1S/C15H18N2O2S2/c1-9-13(21-15(16-9)12-7-4-8-20-12)14(19)17-10-5-2-3-6-11(10)18/h4,7-8,10-11,18H,2-3,5-6H2,1H3,(H,17,19). The van der Waals surface area contributed by atoms with Crippen LogP contribution in [-0.2, 0) is 0 Å². The van der Waals surface area contributed by atoms with Crippen molar-refractivity contribution in [1.82, 2.24) is 10.3 Å². The fourth-order valence-corrected chi connectivity index (χ4v) is 4.39. The Labute approximate surface area is 131 Å². The minimum atomic E-state index is -0.423. The predicted octanol–water partition coefficient (Wildman–Crippen LogP) is 3.21. The van der Waals surface area contributed by atoms with Crippen molar-refractivity contribution in [2.75, 3.05) is 0 Å². The Hall–Kier alpha value is -1.24. The predicted molar refractivity (Wildman–Crippen MR) is 85.9 cm³/mol. The number of aryl methyl sites for hydroxylation is 1. The first-order chi connectivity index (χ1) is 10.1. The van der Waals surface area contributed by atoms with Crippen LogP contribution >= 0.6 is 22.7 Å². The van der Waals surface area contributed by atoms with Crippen LogP contribution < -0.4 is 5.32 Å². The van der Waals surface area contributed by atoms with Crippen molar-refractivity contribution >= 4 is 28.6 Å². The number of hydrogen-bond acceptors (Lipinski definition) is 5. The minimum absolute atomic E-state index is 0.112. The van der Waals surface area contributed by atoms with Gasteiger partial charge in [-0.1, -0.05) is 18.9 Å². The quantitative estimate of drug-likeness (QED) is 0.912. The lowest BCUT2D eigenvalue weighted by atomic mass is 9.92. The SMILES string of the molecule is Cc1nc(-c2cccs2)sc1C(=O)NC1CCCCC1O. The Morgan fingerprint density at radius 3 is 2.95 bits per heavy atom. The van der Waals surface area contributed by atoms with E-state index in [1.807, 2.05) is 24.4 Å². The molecule has 2 heterocycles. The Bertz CT molecular complexity index is 622. The molecule has 2 aromatic rings. The lowest BCUT2D eigenvalue weighted by Gasteiger charge is -2.28. The van der Waals surface area contributed by atoms with E-state index >= 15 is 0 Å². The Kier molecular flexibility index (Phi) is 4.37. The highest BCUT2D eigenvalue weighted by molar-refractivity contribution is 7.22. The molecule has 0 saturated heterocycles. The Morgan fingerprint density at radius 2 is 2.24 bits per heavy atom. The summed E-state index contributed by atoms with van der Waals surface area (Å²) >= 11 is 3.04. The number of carbonyl (C=O) groups excluding carboxylic acids is 1. The number of thiazole rings is 1. The van der Waals surface area contributed by atoms with Crippen LogP contribution in [0.2, 0.25) is 0 Å². The van der Waals surface area contributed by atoms with Crippen molar-refractivity contribution in [3.63, 3.8) is 0 Å². The third kappa shape index (κ3) is 3.17. The number of thiophene rings is 1. The Morgan fingerprint density at radius 1 is 1.43 bits per heavy atom. The maximum absolute atomic E-state index is 12.4. The molecule has 112 valence electrons. The average Bonchev–Trinajstić information content (AvgIpc) is 3.10. The van der Waals surface area contributed by atoms with Gasteiger partial charge in [-0.15, -0.1) is 22.7 Å². The monoisotopic (exact) mass is 322 g/mol. The van der Waals surface area contributed by atoms with Gasteiger partial charge in [-0.2, -0.15) is 0 Å². The zero-order valence-electron chi connectivity index (χ0n) is 11.8. The molecular weight excluding hydrogens is 304 g/mol. The number of nitrogens with zero attached hydrogens (tertiary/aromatic N) is 1. The van der Waals surface area contributed by atoms with Crippen molar-refractivity contribution in [3.8, 4) is 9.88 Å². The molecule has 0 radical (unpaired) electrons. The molecule has 1 fully saturated rings. The maximum atomic E-state index is 12.4. The van der Waals surface area contributed by atoms with Gasteiger partial charge in [0.25, 0.3) is 5.91 Å². The summed E-state index contributed by atoms with van der Waals surface area (Å²) in [5, 5.41) is 15.8. The lowest BCUT2D eigenvalue weighted by Crippen LogP contribution is -2.45. The number of aliphatic hydroxyl groups is 1. The van der Waals surface area contributed by atoms with Gasteiger partial charge in [0.2, 0.25) is 0 Å². The molecule has 6 heteroatoms. The van der Waals surface area contributed by atoms with Crippen molar-refractivity contribution in [1.29, 1.82) is 0 Å². The van der Waals surface area contributed by atoms with Crippen LogP contribution in [0.1, 0.15) is 41.0 Å². The summed E-state index contributed by atoms with van der Waals surface area (Å²) in [5.41, 5.74) is 0.756. The summed E-state index contributed by atoms with van der Waals surface area (Å²) in [7, 11) is 0. The van der Waals surface area contributed by atoms with Crippen molar-refractivity contribution in [2.45, 2.75) is 44.8 Å². The highest BCUT2D eigenvalue weighted by atomic mass is 32.1. The molecule has 1 aliphatic carbocycles. The van der Waals surface area contributed by atoms with Crippen LogP contribution in [0.25, 0.3) is 9.88 Å². The molecule has 4 nitrogen and oxygen atoms in total. The molecule has 1 aliphatic rings. The van der Waals surface area contributed by atoms with Crippen LogP contribution in [0, 0.1) is 6.92 Å². The van der Waals surface area contributed by atoms with Crippen molar-refractivity contribution in [3.05, 3.63) is 28.1 Å². The van der Waals surface area contributed by atoms with E-state index in [4.69, 9.17) is 0 Å².